The van der Waals surface area contributed by atoms with Gasteiger partial charge in [0.2, 0.25) is 0 Å². The van der Waals surface area contributed by atoms with Crippen LogP contribution in [0.4, 0.5) is 0 Å². The Labute approximate surface area is 155 Å². The summed E-state index contributed by atoms with van der Waals surface area (Å²) in [5, 5.41) is 7.11. The Bertz CT molecular complexity index is 946. The van der Waals surface area contributed by atoms with Gasteiger partial charge in [0.1, 0.15) is 5.69 Å². The first-order chi connectivity index (χ1) is 13.0. The Kier molecular flexibility index (Phi) is 5.54. The van der Waals surface area contributed by atoms with Gasteiger partial charge in [-0.3, -0.25) is 4.79 Å². The van der Waals surface area contributed by atoms with E-state index in [0.717, 1.165) is 12.8 Å². The molecule has 3 rings (SSSR count). The number of ether oxygens (including phenoxy) is 1. The molecule has 8 nitrogen and oxygen atoms in total. The average molecular weight is 371 g/mol. The van der Waals surface area contributed by atoms with Gasteiger partial charge in [-0.25, -0.2) is 9.78 Å². The molecule has 0 aromatic carbocycles. The van der Waals surface area contributed by atoms with Gasteiger partial charge in [-0.15, -0.1) is 0 Å². The Balaban J connectivity index is 1.81. The van der Waals surface area contributed by atoms with Crippen molar-refractivity contribution >= 4 is 23.0 Å². The Morgan fingerprint density at radius 2 is 2.19 bits per heavy atom. The smallest absolute Gasteiger partial charge is 0.339 e. The SMILES string of the molecule is CCCC(C)NC(=O)COC(=O)c1cc(-c2ccco2)nc2onc(C)c12. The van der Waals surface area contributed by atoms with Crippen molar-refractivity contribution < 1.29 is 23.3 Å². The van der Waals surface area contributed by atoms with Crippen LogP contribution < -0.4 is 5.32 Å². The molecule has 27 heavy (non-hydrogen) atoms. The Hall–Kier alpha value is -3.16. The number of hydrogen-bond acceptors (Lipinski definition) is 7. The zero-order valence-corrected chi connectivity index (χ0v) is 15.4. The molecule has 1 amide bonds. The highest BCUT2D eigenvalue weighted by molar-refractivity contribution is 6.04. The van der Waals surface area contributed by atoms with Crippen LogP contribution in [0.15, 0.2) is 33.4 Å². The number of esters is 1. The third-order valence-corrected chi connectivity index (χ3v) is 4.07. The lowest BCUT2D eigenvalue weighted by atomic mass is 10.1. The van der Waals surface area contributed by atoms with Crippen LogP contribution in [-0.4, -0.2) is 34.7 Å². The van der Waals surface area contributed by atoms with E-state index in [-0.39, 0.29) is 29.8 Å². The highest BCUT2D eigenvalue weighted by Crippen LogP contribution is 2.27. The second-order valence-corrected chi connectivity index (χ2v) is 6.31. The van der Waals surface area contributed by atoms with E-state index in [4.69, 9.17) is 13.7 Å². The van der Waals surface area contributed by atoms with Gasteiger partial charge in [0.05, 0.1) is 22.9 Å². The number of fused-ring (bicyclic) bond motifs is 1. The van der Waals surface area contributed by atoms with E-state index in [1.54, 1.807) is 25.1 Å². The summed E-state index contributed by atoms with van der Waals surface area (Å²) in [6, 6.07) is 5.01. The molecule has 0 spiro atoms. The van der Waals surface area contributed by atoms with E-state index >= 15 is 0 Å². The van der Waals surface area contributed by atoms with Crippen LogP contribution in [-0.2, 0) is 9.53 Å². The molecule has 0 saturated carbocycles. The van der Waals surface area contributed by atoms with Crippen LogP contribution in [0.25, 0.3) is 22.6 Å². The quantitative estimate of drug-likeness (QED) is 0.635. The van der Waals surface area contributed by atoms with Gasteiger partial charge >= 0.3 is 5.97 Å². The lowest BCUT2D eigenvalue weighted by Gasteiger charge is -2.13. The predicted molar refractivity (Wildman–Crippen MR) is 97.0 cm³/mol. The molecule has 8 heteroatoms. The molecule has 142 valence electrons. The molecule has 3 aromatic rings. The fourth-order valence-corrected chi connectivity index (χ4v) is 2.84. The Morgan fingerprint density at radius 1 is 1.37 bits per heavy atom. The van der Waals surface area contributed by atoms with E-state index in [1.807, 2.05) is 13.8 Å². The van der Waals surface area contributed by atoms with Crippen molar-refractivity contribution in [1.82, 2.24) is 15.5 Å². The number of furan rings is 1. The second kappa shape index (κ2) is 8.03. The van der Waals surface area contributed by atoms with E-state index in [0.29, 0.717) is 22.5 Å². The van der Waals surface area contributed by atoms with Crippen LogP contribution in [0.5, 0.6) is 0 Å². The van der Waals surface area contributed by atoms with E-state index in [9.17, 15) is 9.59 Å². The summed E-state index contributed by atoms with van der Waals surface area (Å²) in [6.07, 6.45) is 3.32. The van der Waals surface area contributed by atoms with Crippen LogP contribution in [0.2, 0.25) is 0 Å². The molecule has 0 saturated heterocycles. The molecule has 1 unspecified atom stereocenters. The van der Waals surface area contributed by atoms with Crippen LogP contribution >= 0.6 is 0 Å². The molecule has 0 aliphatic carbocycles. The van der Waals surface area contributed by atoms with Crippen molar-refractivity contribution in [3.8, 4) is 11.5 Å². The van der Waals surface area contributed by atoms with Crippen LogP contribution in [0.1, 0.15) is 42.7 Å². The maximum absolute atomic E-state index is 12.6. The van der Waals surface area contributed by atoms with Crippen molar-refractivity contribution in [3.05, 3.63) is 35.7 Å². The van der Waals surface area contributed by atoms with Crippen molar-refractivity contribution in [2.24, 2.45) is 0 Å². The molecule has 3 heterocycles. The molecule has 0 fully saturated rings. The zero-order chi connectivity index (χ0) is 19.4. The summed E-state index contributed by atoms with van der Waals surface area (Å²) >= 11 is 0. The van der Waals surface area contributed by atoms with Crippen molar-refractivity contribution in [2.45, 2.75) is 39.7 Å². The van der Waals surface area contributed by atoms with Gasteiger partial charge in [-0.2, -0.15) is 0 Å². The third-order valence-electron chi connectivity index (χ3n) is 4.07. The van der Waals surface area contributed by atoms with Gasteiger partial charge in [0.15, 0.2) is 12.4 Å². The van der Waals surface area contributed by atoms with Crippen LogP contribution in [0, 0.1) is 6.92 Å². The normalized spacial score (nSPS) is 12.1. The second-order valence-electron chi connectivity index (χ2n) is 6.31. The Morgan fingerprint density at radius 3 is 2.89 bits per heavy atom. The summed E-state index contributed by atoms with van der Waals surface area (Å²) in [6.45, 7) is 5.29. The van der Waals surface area contributed by atoms with Crippen LogP contribution in [0.3, 0.4) is 0 Å². The van der Waals surface area contributed by atoms with Gasteiger partial charge in [0, 0.05) is 6.04 Å². The molecule has 3 aromatic heterocycles. The molecule has 1 atom stereocenters. The first-order valence-electron chi connectivity index (χ1n) is 8.77. The number of carbonyl (C=O) groups is 2. The highest BCUT2D eigenvalue weighted by atomic mass is 16.5. The highest BCUT2D eigenvalue weighted by Gasteiger charge is 2.22. The first kappa shape index (κ1) is 18.6. The first-order valence-corrected chi connectivity index (χ1v) is 8.77. The molecule has 1 N–H and O–H groups in total. The van der Waals surface area contributed by atoms with Crippen molar-refractivity contribution in [1.29, 1.82) is 0 Å². The fourth-order valence-electron chi connectivity index (χ4n) is 2.84. The topological polar surface area (TPSA) is 107 Å². The number of pyridine rings is 1. The lowest BCUT2D eigenvalue weighted by molar-refractivity contribution is -0.124. The van der Waals surface area contributed by atoms with Crippen molar-refractivity contribution in [2.75, 3.05) is 6.61 Å². The summed E-state index contributed by atoms with van der Waals surface area (Å²) in [7, 11) is 0. The zero-order valence-electron chi connectivity index (χ0n) is 15.4. The molecular formula is C19H21N3O5. The van der Waals surface area contributed by atoms with Gasteiger partial charge in [-0.1, -0.05) is 18.5 Å². The minimum absolute atomic E-state index is 0.0275. The molecule has 0 aliphatic rings. The number of nitrogens with zero attached hydrogens (tertiary/aromatic N) is 2. The fraction of sp³-hybridized carbons (Fsp3) is 0.368. The predicted octanol–water partition coefficient (Wildman–Crippen LogP) is 3.25. The number of hydrogen-bond donors (Lipinski definition) is 1. The summed E-state index contributed by atoms with van der Waals surface area (Å²) < 4.78 is 15.7. The standard InChI is InChI=1S/C19H21N3O5/c1-4-6-11(2)20-16(23)10-26-19(24)13-9-14(15-7-5-8-25-15)21-18-17(13)12(3)22-27-18/h5,7-9,11H,4,6,10H2,1-3H3,(H,20,23). The maximum Gasteiger partial charge on any atom is 0.339 e. The van der Waals surface area contributed by atoms with E-state index < -0.39 is 5.97 Å². The van der Waals surface area contributed by atoms with Gasteiger partial charge in [0.25, 0.3) is 11.6 Å². The third kappa shape index (κ3) is 4.16. The lowest BCUT2D eigenvalue weighted by Crippen LogP contribution is -2.35. The molecule has 0 aliphatic heterocycles. The number of carbonyl (C=O) groups excluding carboxylic acids is 2. The number of rotatable bonds is 7. The largest absolute Gasteiger partial charge is 0.463 e. The summed E-state index contributed by atoms with van der Waals surface area (Å²) in [4.78, 5) is 28.9. The number of aryl methyl sites for hydroxylation is 1. The summed E-state index contributed by atoms with van der Waals surface area (Å²) in [5.41, 5.74) is 1.35. The molecule has 0 bridgehead atoms. The average Bonchev–Trinajstić information content (AvgIpc) is 3.29. The van der Waals surface area contributed by atoms with Gasteiger partial charge in [-0.05, 0) is 38.5 Å². The summed E-state index contributed by atoms with van der Waals surface area (Å²) in [5.74, 6) is -0.520. The monoisotopic (exact) mass is 371 g/mol. The number of amides is 1. The molecule has 0 radical (unpaired) electrons. The van der Waals surface area contributed by atoms with E-state index in [2.05, 4.69) is 15.5 Å². The maximum atomic E-state index is 12.6. The van der Waals surface area contributed by atoms with Crippen molar-refractivity contribution in [3.63, 3.8) is 0 Å². The van der Waals surface area contributed by atoms with Gasteiger partial charge < -0.3 is 19.0 Å². The number of aromatic nitrogens is 2. The molecular weight excluding hydrogens is 350 g/mol. The minimum Gasteiger partial charge on any atom is -0.463 e. The van der Waals surface area contributed by atoms with E-state index in [1.165, 1.54) is 6.26 Å². The minimum atomic E-state index is -0.653. The number of nitrogens with one attached hydrogen (secondary N) is 1.